The molecule has 0 fully saturated rings. The molecule has 0 amide bonds. The molecule has 0 saturated heterocycles. The molecule has 1 heterocycles. The second-order valence-electron chi connectivity index (χ2n) is 5.10. The number of rotatable bonds is 4. The van der Waals surface area contributed by atoms with Gasteiger partial charge in [-0.1, -0.05) is 12.1 Å². The van der Waals surface area contributed by atoms with Gasteiger partial charge in [-0.15, -0.1) is 5.10 Å². The normalized spacial score (nSPS) is 10.5. The molecule has 2 N–H and O–H groups in total. The molecule has 2 aromatic carbocycles. The van der Waals surface area contributed by atoms with Crippen molar-refractivity contribution in [1.82, 2.24) is 14.8 Å². The van der Waals surface area contributed by atoms with Crippen molar-refractivity contribution in [2.75, 3.05) is 10.6 Å². The summed E-state index contributed by atoms with van der Waals surface area (Å²) in [5, 5.41) is 9.53. The molecule has 0 bridgehead atoms. The first-order chi connectivity index (χ1) is 12.0. The van der Waals surface area contributed by atoms with E-state index in [4.69, 9.17) is 12.2 Å². The standard InChI is InChI=1S/C16H12F3N5S/c17-11-3-1-10(2-4-11)8-24-9-20-15(23-24)22-16(25)21-14-6-5-12(18)7-13(14)19/h1-7,9H,8H2,(H2,21,22,23,25). The Morgan fingerprint density at radius 2 is 1.72 bits per heavy atom. The van der Waals surface area contributed by atoms with Crippen LogP contribution in [0, 0.1) is 17.5 Å². The first-order valence-electron chi connectivity index (χ1n) is 7.16. The Labute approximate surface area is 146 Å². The molecule has 0 spiro atoms. The van der Waals surface area contributed by atoms with E-state index in [1.54, 1.807) is 12.1 Å². The van der Waals surface area contributed by atoms with Gasteiger partial charge in [0.2, 0.25) is 5.95 Å². The molecule has 128 valence electrons. The van der Waals surface area contributed by atoms with Crippen molar-refractivity contribution in [1.29, 1.82) is 0 Å². The molecule has 5 nitrogen and oxygen atoms in total. The van der Waals surface area contributed by atoms with Crippen LogP contribution in [0.3, 0.4) is 0 Å². The molecule has 0 atom stereocenters. The van der Waals surface area contributed by atoms with Gasteiger partial charge in [-0.2, -0.15) is 0 Å². The summed E-state index contributed by atoms with van der Waals surface area (Å²) >= 11 is 5.05. The first-order valence-corrected chi connectivity index (χ1v) is 7.57. The van der Waals surface area contributed by atoms with E-state index in [1.807, 2.05) is 0 Å². The number of halogens is 3. The highest BCUT2D eigenvalue weighted by molar-refractivity contribution is 7.80. The van der Waals surface area contributed by atoms with Crippen LogP contribution < -0.4 is 10.6 Å². The predicted molar refractivity (Wildman–Crippen MR) is 91.7 cm³/mol. The fourth-order valence-corrected chi connectivity index (χ4v) is 2.25. The zero-order chi connectivity index (χ0) is 17.8. The Bertz CT molecular complexity index is 895. The van der Waals surface area contributed by atoms with Crippen LogP contribution in [-0.2, 0) is 6.54 Å². The van der Waals surface area contributed by atoms with Crippen molar-refractivity contribution in [2.24, 2.45) is 0 Å². The van der Waals surface area contributed by atoms with E-state index < -0.39 is 11.6 Å². The molecule has 0 aliphatic carbocycles. The maximum Gasteiger partial charge on any atom is 0.248 e. The first kappa shape index (κ1) is 16.9. The number of aromatic nitrogens is 3. The second kappa shape index (κ2) is 7.31. The van der Waals surface area contributed by atoms with Gasteiger partial charge in [-0.25, -0.2) is 22.8 Å². The zero-order valence-electron chi connectivity index (χ0n) is 12.7. The van der Waals surface area contributed by atoms with Gasteiger partial charge in [0.05, 0.1) is 12.2 Å². The molecular formula is C16H12F3N5S. The van der Waals surface area contributed by atoms with Crippen LogP contribution in [0.4, 0.5) is 24.8 Å². The number of thiocarbonyl (C=S) groups is 1. The summed E-state index contributed by atoms with van der Waals surface area (Å²) in [5.41, 5.74) is 0.886. The third-order valence-corrected chi connectivity index (χ3v) is 3.40. The van der Waals surface area contributed by atoms with Crippen molar-refractivity contribution in [2.45, 2.75) is 6.54 Å². The van der Waals surface area contributed by atoms with Gasteiger partial charge in [0.1, 0.15) is 23.8 Å². The summed E-state index contributed by atoms with van der Waals surface area (Å²) in [6, 6.07) is 9.12. The molecule has 0 aliphatic rings. The topological polar surface area (TPSA) is 54.8 Å². The highest BCUT2D eigenvalue weighted by atomic mass is 32.1. The van der Waals surface area contributed by atoms with Crippen molar-refractivity contribution < 1.29 is 13.2 Å². The van der Waals surface area contributed by atoms with Gasteiger partial charge in [-0.05, 0) is 42.0 Å². The molecule has 1 aromatic heterocycles. The summed E-state index contributed by atoms with van der Waals surface area (Å²) in [7, 11) is 0. The maximum absolute atomic E-state index is 13.6. The largest absolute Gasteiger partial charge is 0.330 e. The van der Waals surface area contributed by atoms with Gasteiger partial charge in [0.15, 0.2) is 5.11 Å². The Hall–Kier alpha value is -2.94. The summed E-state index contributed by atoms with van der Waals surface area (Å²) < 4.78 is 40.9. The number of benzene rings is 2. The van der Waals surface area contributed by atoms with Gasteiger partial charge in [0, 0.05) is 6.07 Å². The minimum Gasteiger partial charge on any atom is -0.330 e. The quantitative estimate of drug-likeness (QED) is 0.695. The van der Waals surface area contributed by atoms with Crippen molar-refractivity contribution in [3.63, 3.8) is 0 Å². The Morgan fingerprint density at radius 3 is 2.44 bits per heavy atom. The van der Waals surface area contributed by atoms with Crippen molar-refractivity contribution >= 4 is 29.0 Å². The number of hydrogen-bond acceptors (Lipinski definition) is 3. The van der Waals surface area contributed by atoms with Gasteiger partial charge in [0.25, 0.3) is 0 Å². The summed E-state index contributed by atoms with van der Waals surface area (Å²) in [5.74, 6) is -1.54. The second-order valence-corrected chi connectivity index (χ2v) is 5.50. The van der Waals surface area contributed by atoms with Crippen LogP contribution >= 0.6 is 12.2 Å². The van der Waals surface area contributed by atoms with E-state index >= 15 is 0 Å². The molecule has 9 heteroatoms. The van der Waals surface area contributed by atoms with Gasteiger partial charge >= 0.3 is 0 Å². The number of hydrogen-bond donors (Lipinski definition) is 2. The number of anilines is 2. The molecule has 0 aliphatic heterocycles. The minimum atomic E-state index is -0.765. The summed E-state index contributed by atoms with van der Waals surface area (Å²) in [4.78, 5) is 4.03. The Balaban J connectivity index is 1.60. The molecule has 25 heavy (non-hydrogen) atoms. The lowest BCUT2D eigenvalue weighted by atomic mass is 10.2. The van der Waals surface area contributed by atoms with E-state index in [-0.39, 0.29) is 22.6 Å². The van der Waals surface area contributed by atoms with E-state index in [0.717, 1.165) is 17.7 Å². The third kappa shape index (κ3) is 4.54. The smallest absolute Gasteiger partial charge is 0.248 e. The van der Waals surface area contributed by atoms with Crippen molar-refractivity contribution in [3.8, 4) is 0 Å². The van der Waals surface area contributed by atoms with Crippen molar-refractivity contribution in [3.05, 3.63) is 71.8 Å². The van der Waals surface area contributed by atoms with E-state index in [9.17, 15) is 13.2 Å². The van der Waals surface area contributed by atoms with E-state index in [2.05, 4.69) is 20.7 Å². The van der Waals surface area contributed by atoms with Crippen LogP contribution in [-0.4, -0.2) is 19.9 Å². The zero-order valence-corrected chi connectivity index (χ0v) is 13.5. The fourth-order valence-electron chi connectivity index (χ4n) is 2.05. The lowest BCUT2D eigenvalue weighted by Gasteiger charge is -2.08. The monoisotopic (exact) mass is 363 g/mol. The van der Waals surface area contributed by atoms with E-state index in [1.165, 1.54) is 29.2 Å². The molecule has 0 saturated carbocycles. The molecule has 0 unspecified atom stereocenters. The van der Waals surface area contributed by atoms with E-state index in [0.29, 0.717) is 6.54 Å². The van der Waals surface area contributed by atoms with Crippen LogP contribution in [0.25, 0.3) is 0 Å². The third-order valence-electron chi connectivity index (χ3n) is 3.20. The molecular weight excluding hydrogens is 351 g/mol. The maximum atomic E-state index is 13.6. The highest BCUT2D eigenvalue weighted by Crippen LogP contribution is 2.15. The average Bonchev–Trinajstić information content (AvgIpc) is 2.99. The SMILES string of the molecule is Fc1ccc(Cn2cnc(NC(=S)Nc3ccc(F)cc3F)n2)cc1. The van der Waals surface area contributed by atoms with Crippen LogP contribution in [0.1, 0.15) is 5.56 Å². The van der Waals surface area contributed by atoms with Gasteiger partial charge in [-0.3, -0.25) is 5.32 Å². The summed E-state index contributed by atoms with van der Waals surface area (Å²) in [6.45, 7) is 0.405. The Morgan fingerprint density at radius 1 is 1.00 bits per heavy atom. The predicted octanol–water partition coefficient (Wildman–Crippen LogP) is 3.55. The molecule has 3 aromatic rings. The average molecular weight is 363 g/mol. The highest BCUT2D eigenvalue weighted by Gasteiger charge is 2.08. The fraction of sp³-hybridized carbons (Fsp3) is 0.0625. The Kier molecular flexibility index (Phi) is 4.94. The lowest BCUT2D eigenvalue weighted by molar-refractivity contribution is 0.586. The summed E-state index contributed by atoms with van der Waals surface area (Å²) in [6.07, 6.45) is 1.48. The number of nitrogens with zero attached hydrogens (tertiary/aromatic N) is 3. The lowest BCUT2D eigenvalue weighted by Crippen LogP contribution is -2.20. The minimum absolute atomic E-state index is 0.0321. The van der Waals surface area contributed by atoms with Crippen LogP contribution in [0.15, 0.2) is 48.8 Å². The van der Waals surface area contributed by atoms with Crippen LogP contribution in [0.5, 0.6) is 0 Å². The molecule has 3 rings (SSSR count). The van der Waals surface area contributed by atoms with Crippen LogP contribution in [0.2, 0.25) is 0 Å². The number of nitrogens with one attached hydrogen (secondary N) is 2. The molecule has 0 radical (unpaired) electrons. The van der Waals surface area contributed by atoms with Gasteiger partial charge < -0.3 is 5.32 Å².